The lowest BCUT2D eigenvalue weighted by atomic mass is 10.2. The number of nitrogens with one attached hydrogen (secondary N) is 1. The molecule has 0 aliphatic carbocycles. The lowest BCUT2D eigenvalue weighted by Crippen LogP contribution is -2.34. The summed E-state index contributed by atoms with van der Waals surface area (Å²) in [7, 11) is 3.03. The number of methoxy groups -OCH3 is 2. The monoisotopic (exact) mass is 213 g/mol. The second-order valence-electron chi connectivity index (χ2n) is 2.73. The second-order valence-corrected chi connectivity index (χ2v) is 2.73. The fraction of sp³-hybridized carbons (Fsp3) is 0.875. The van der Waals surface area contributed by atoms with Gasteiger partial charge in [0.1, 0.15) is 6.04 Å². The molecular weight excluding hydrogens is 198 g/mol. The number of nitriles is 1. The molecule has 0 amide bonds. The first kappa shape index (κ1) is 13.7. The molecule has 1 unspecified atom stereocenters. The summed E-state index contributed by atoms with van der Waals surface area (Å²) >= 11 is 0. The highest BCUT2D eigenvalue weighted by Gasteiger charge is 2.13. The molecule has 1 N–H and O–H groups in total. The van der Waals surface area contributed by atoms with E-state index < -0.39 is 6.29 Å². The van der Waals surface area contributed by atoms with Gasteiger partial charge in [0.05, 0.1) is 6.07 Å². The van der Waals surface area contributed by atoms with Crippen molar-refractivity contribution in [3.05, 3.63) is 10.4 Å². The van der Waals surface area contributed by atoms with Gasteiger partial charge in [-0.2, -0.15) is 5.26 Å². The van der Waals surface area contributed by atoms with Gasteiger partial charge in [0.15, 0.2) is 6.29 Å². The molecule has 0 radical (unpaired) electrons. The van der Waals surface area contributed by atoms with Crippen LogP contribution in [0.2, 0.25) is 0 Å². The molecule has 0 aliphatic heterocycles. The van der Waals surface area contributed by atoms with Crippen LogP contribution in [-0.4, -0.2) is 39.6 Å². The fourth-order valence-corrected chi connectivity index (χ4v) is 0.996. The summed E-state index contributed by atoms with van der Waals surface area (Å²) in [6, 6.07) is 1.70. The first-order valence-electron chi connectivity index (χ1n) is 4.48. The molecule has 0 spiro atoms. The Balaban J connectivity index is 3.82. The number of rotatable bonds is 8. The molecule has 0 rings (SSSR count). The summed E-state index contributed by atoms with van der Waals surface area (Å²) in [5.41, 5.74) is 8.04. The van der Waals surface area contributed by atoms with Crippen molar-refractivity contribution < 1.29 is 9.47 Å². The van der Waals surface area contributed by atoms with E-state index >= 15 is 0 Å². The highest BCUT2D eigenvalue weighted by Crippen LogP contribution is 2.01. The second kappa shape index (κ2) is 9.24. The van der Waals surface area contributed by atoms with Crippen molar-refractivity contribution in [2.24, 2.45) is 5.11 Å². The Hall–Kier alpha value is -1.32. The molecule has 15 heavy (non-hydrogen) atoms. The number of hydrogen-bond donors (Lipinski definition) is 1. The first-order valence-corrected chi connectivity index (χ1v) is 4.48. The molecule has 0 saturated heterocycles. The van der Waals surface area contributed by atoms with Gasteiger partial charge in [0, 0.05) is 38.6 Å². The van der Waals surface area contributed by atoms with Crippen molar-refractivity contribution in [2.45, 2.75) is 18.8 Å². The van der Waals surface area contributed by atoms with E-state index in [1.165, 1.54) is 14.2 Å². The maximum Gasteiger partial charge on any atom is 0.159 e. The fourth-order valence-electron chi connectivity index (χ4n) is 0.996. The van der Waals surface area contributed by atoms with Crippen LogP contribution in [-0.2, 0) is 9.47 Å². The molecule has 0 aromatic carbocycles. The third-order valence-corrected chi connectivity index (χ3v) is 1.78. The van der Waals surface area contributed by atoms with E-state index in [1.807, 2.05) is 0 Å². The third-order valence-electron chi connectivity index (χ3n) is 1.78. The van der Waals surface area contributed by atoms with E-state index in [4.69, 9.17) is 20.3 Å². The number of azide groups is 1. The third kappa shape index (κ3) is 6.71. The van der Waals surface area contributed by atoms with Crippen molar-refractivity contribution in [2.75, 3.05) is 27.3 Å². The normalized spacial score (nSPS) is 11.9. The first-order chi connectivity index (χ1) is 7.28. The van der Waals surface area contributed by atoms with Gasteiger partial charge in [-0.05, 0) is 5.53 Å². The van der Waals surface area contributed by atoms with Crippen LogP contribution < -0.4 is 5.32 Å². The number of nitrogens with zero attached hydrogens (tertiary/aromatic N) is 4. The van der Waals surface area contributed by atoms with Gasteiger partial charge < -0.3 is 14.8 Å². The van der Waals surface area contributed by atoms with Crippen LogP contribution in [0.3, 0.4) is 0 Å². The Labute approximate surface area is 88.6 Å². The Kier molecular flexibility index (Phi) is 8.43. The summed E-state index contributed by atoms with van der Waals surface area (Å²) in [5.74, 6) is 0. The standard InChI is InChI=1S/C8H15N5O2/c1-14-8(15-2)5-7(6-9)11-3-4-12-13-10/h7-8,11H,3-5H2,1-2H3. The van der Waals surface area contributed by atoms with E-state index in [1.54, 1.807) is 0 Å². The smallest absolute Gasteiger partial charge is 0.159 e. The maximum absolute atomic E-state index is 8.80. The van der Waals surface area contributed by atoms with Gasteiger partial charge in [-0.3, -0.25) is 0 Å². The Morgan fingerprint density at radius 2 is 2.20 bits per heavy atom. The molecule has 7 heteroatoms. The minimum absolute atomic E-state index is 0.319. The van der Waals surface area contributed by atoms with Gasteiger partial charge in [0.2, 0.25) is 0 Å². The zero-order valence-electron chi connectivity index (χ0n) is 8.88. The summed E-state index contributed by atoms with van der Waals surface area (Å²) in [4.78, 5) is 2.60. The molecule has 0 aromatic rings. The molecular formula is C8H15N5O2. The number of hydrogen-bond acceptors (Lipinski definition) is 5. The van der Waals surface area contributed by atoms with Gasteiger partial charge >= 0.3 is 0 Å². The van der Waals surface area contributed by atoms with E-state index in [0.29, 0.717) is 19.5 Å². The van der Waals surface area contributed by atoms with Crippen LogP contribution >= 0.6 is 0 Å². The zero-order valence-corrected chi connectivity index (χ0v) is 8.88. The number of ether oxygens (including phenoxy) is 2. The van der Waals surface area contributed by atoms with Gasteiger partial charge in [0.25, 0.3) is 0 Å². The largest absolute Gasteiger partial charge is 0.356 e. The van der Waals surface area contributed by atoms with Crippen LogP contribution in [0.1, 0.15) is 6.42 Å². The minimum atomic E-state index is -0.401. The average Bonchev–Trinajstić information content (AvgIpc) is 2.28. The summed E-state index contributed by atoms with van der Waals surface area (Å²) in [6.07, 6.45) is 0.0290. The molecule has 7 nitrogen and oxygen atoms in total. The Morgan fingerprint density at radius 1 is 1.53 bits per heavy atom. The van der Waals surface area contributed by atoms with Crippen molar-refractivity contribution in [1.29, 1.82) is 5.26 Å². The van der Waals surface area contributed by atoms with Gasteiger partial charge in [-0.15, -0.1) is 0 Å². The molecule has 84 valence electrons. The van der Waals surface area contributed by atoms with Crippen LogP contribution in [0.5, 0.6) is 0 Å². The zero-order chi connectivity index (χ0) is 11.5. The van der Waals surface area contributed by atoms with Crippen LogP contribution in [0.15, 0.2) is 5.11 Å². The van der Waals surface area contributed by atoms with Gasteiger partial charge in [-0.25, -0.2) is 0 Å². The predicted octanol–water partition coefficient (Wildman–Crippen LogP) is 0.787. The SMILES string of the molecule is COC(CC(C#N)NCCN=[N+]=[N-])OC. The van der Waals surface area contributed by atoms with Crippen LogP contribution in [0.4, 0.5) is 0 Å². The quantitative estimate of drug-likeness (QED) is 0.211. The summed E-state index contributed by atoms with van der Waals surface area (Å²) < 4.78 is 9.93. The molecule has 0 fully saturated rings. The molecule has 0 aliphatic rings. The molecule has 0 saturated carbocycles. The highest BCUT2D eigenvalue weighted by molar-refractivity contribution is 4.90. The summed E-state index contributed by atoms with van der Waals surface area (Å²) in [5, 5.41) is 15.1. The minimum Gasteiger partial charge on any atom is -0.356 e. The van der Waals surface area contributed by atoms with Crippen molar-refractivity contribution in [3.8, 4) is 6.07 Å². The van der Waals surface area contributed by atoms with E-state index in [-0.39, 0.29) is 6.04 Å². The maximum atomic E-state index is 8.80. The lowest BCUT2D eigenvalue weighted by molar-refractivity contribution is -0.108. The van der Waals surface area contributed by atoms with Crippen molar-refractivity contribution in [1.82, 2.24) is 5.32 Å². The molecule has 0 bridgehead atoms. The molecule has 0 heterocycles. The van der Waals surface area contributed by atoms with Crippen molar-refractivity contribution >= 4 is 0 Å². The van der Waals surface area contributed by atoms with Crippen molar-refractivity contribution in [3.63, 3.8) is 0 Å². The van der Waals surface area contributed by atoms with Gasteiger partial charge in [-0.1, -0.05) is 5.11 Å². The van der Waals surface area contributed by atoms with E-state index in [2.05, 4.69) is 21.4 Å². The van der Waals surface area contributed by atoms with Crippen LogP contribution in [0, 0.1) is 11.3 Å². The van der Waals surface area contributed by atoms with E-state index in [9.17, 15) is 0 Å². The highest BCUT2D eigenvalue weighted by atomic mass is 16.7. The Morgan fingerprint density at radius 3 is 2.67 bits per heavy atom. The molecule has 0 aromatic heterocycles. The Bertz CT molecular complexity index is 242. The van der Waals surface area contributed by atoms with Crippen LogP contribution in [0.25, 0.3) is 10.4 Å². The van der Waals surface area contributed by atoms with E-state index in [0.717, 1.165) is 0 Å². The average molecular weight is 213 g/mol. The topological polar surface area (TPSA) is 103 Å². The lowest BCUT2D eigenvalue weighted by Gasteiger charge is -2.17. The molecule has 1 atom stereocenters. The predicted molar refractivity (Wildman–Crippen MR) is 53.8 cm³/mol. The summed E-state index contributed by atoms with van der Waals surface area (Å²) in [6.45, 7) is 0.780.